The molecule has 7 heteroatoms. The number of nitrogens with two attached hydrogens (primary N) is 1. The Hall–Kier alpha value is -0.820. The second kappa shape index (κ2) is 5.52. The molecule has 0 aromatic heterocycles. The van der Waals surface area contributed by atoms with Crippen LogP contribution in [0.3, 0.4) is 0 Å². The number of rotatable bonds is 4. The first-order valence-electron chi connectivity index (χ1n) is 6.50. The Bertz CT molecular complexity index is 610. The maximum Gasteiger partial charge on any atom is 0.241 e. The predicted octanol–water partition coefficient (Wildman–Crippen LogP) is 1.81. The fourth-order valence-electron chi connectivity index (χ4n) is 2.64. The van der Waals surface area contributed by atoms with Crippen LogP contribution in [0.25, 0.3) is 0 Å². The number of sulfonamides is 1. The van der Waals surface area contributed by atoms with E-state index in [1.54, 1.807) is 6.92 Å². The van der Waals surface area contributed by atoms with Crippen molar-refractivity contribution in [3.63, 3.8) is 0 Å². The Morgan fingerprint density at radius 3 is 2.55 bits per heavy atom. The topological polar surface area (TPSA) is 92.4 Å². The summed E-state index contributed by atoms with van der Waals surface area (Å²) in [5.74, 6) is 0. The monoisotopic (exact) mass is 318 g/mol. The van der Waals surface area contributed by atoms with Crippen molar-refractivity contribution in [2.75, 3.05) is 12.3 Å². The van der Waals surface area contributed by atoms with Crippen LogP contribution in [0.15, 0.2) is 17.0 Å². The van der Waals surface area contributed by atoms with Gasteiger partial charge in [-0.3, -0.25) is 0 Å². The SMILES string of the molecule is Cc1cc(Cl)c(N)cc1S(=O)(=O)NC1(CO)CCCC1. The number of nitrogen functional groups attached to an aromatic ring is 1. The van der Waals surface area contributed by atoms with E-state index in [9.17, 15) is 13.5 Å². The zero-order valence-corrected chi connectivity index (χ0v) is 12.9. The van der Waals surface area contributed by atoms with Gasteiger partial charge < -0.3 is 10.8 Å². The van der Waals surface area contributed by atoms with E-state index in [4.69, 9.17) is 17.3 Å². The van der Waals surface area contributed by atoms with Gasteiger partial charge in [-0.2, -0.15) is 0 Å². The van der Waals surface area contributed by atoms with Crippen molar-refractivity contribution in [1.29, 1.82) is 0 Å². The molecule has 1 aliphatic carbocycles. The molecule has 5 nitrogen and oxygen atoms in total. The lowest BCUT2D eigenvalue weighted by Crippen LogP contribution is -2.49. The number of hydrogen-bond acceptors (Lipinski definition) is 4. The molecule has 0 unspecified atom stereocenters. The number of aliphatic hydroxyl groups is 1. The smallest absolute Gasteiger partial charge is 0.241 e. The highest BCUT2D eigenvalue weighted by Gasteiger charge is 2.37. The Morgan fingerprint density at radius 1 is 1.40 bits per heavy atom. The fraction of sp³-hybridized carbons (Fsp3) is 0.538. The van der Waals surface area contributed by atoms with Crippen LogP contribution in [0.1, 0.15) is 31.2 Å². The minimum absolute atomic E-state index is 0.110. The zero-order valence-electron chi connectivity index (χ0n) is 11.3. The van der Waals surface area contributed by atoms with Gasteiger partial charge in [0, 0.05) is 0 Å². The number of aliphatic hydroxyl groups excluding tert-OH is 1. The van der Waals surface area contributed by atoms with E-state index in [2.05, 4.69) is 4.72 Å². The van der Waals surface area contributed by atoms with E-state index < -0.39 is 15.6 Å². The number of benzene rings is 1. The van der Waals surface area contributed by atoms with Crippen molar-refractivity contribution in [1.82, 2.24) is 4.72 Å². The average molecular weight is 319 g/mol. The Morgan fingerprint density at radius 2 is 2.00 bits per heavy atom. The van der Waals surface area contributed by atoms with E-state index in [0.717, 1.165) is 12.8 Å². The lowest BCUT2D eigenvalue weighted by atomic mass is 10.0. The van der Waals surface area contributed by atoms with Gasteiger partial charge in [-0.1, -0.05) is 24.4 Å². The lowest BCUT2D eigenvalue weighted by molar-refractivity contribution is 0.185. The molecule has 1 fully saturated rings. The van der Waals surface area contributed by atoms with Gasteiger partial charge in [-0.05, 0) is 37.5 Å². The molecule has 2 rings (SSSR count). The highest BCUT2D eigenvalue weighted by atomic mass is 35.5. The molecule has 0 radical (unpaired) electrons. The number of hydrogen-bond donors (Lipinski definition) is 3. The first-order chi connectivity index (χ1) is 9.30. The summed E-state index contributed by atoms with van der Waals surface area (Å²) in [6, 6.07) is 2.89. The van der Waals surface area contributed by atoms with Gasteiger partial charge in [0.1, 0.15) is 0 Å². The van der Waals surface area contributed by atoms with Gasteiger partial charge >= 0.3 is 0 Å². The van der Waals surface area contributed by atoms with Crippen molar-refractivity contribution in [3.8, 4) is 0 Å². The molecule has 0 saturated heterocycles. The molecular weight excluding hydrogens is 300 g/mol. The molecule has 0 spiro atoms. The van der Waals surface area contributed by atoms with E-state index in [-0.39, 0.29) is 17.2 Å². The van der Waals surface area contributed by atoms with Gasteiger partial charge in [0.05, 0.1) is 27.8 Å². The molecule has 1 saturated carbocycles. The van der Waals surface area contributed by atoms with Gasteiger partial charge in [0.15, 0.2) is 0 Å². The number of halogens is 1. The average Bonchev–Trinajstić information content (AvgIpc) is 2.82. The summed E-state index contributed by atoms with van der Waals surface area (Å²) < 4.78 is 27.7. The molecule has 1 aromatic rings. The minimum Gasteiger partial charge on any atom is -0.397 e. The second-order valence-corrected chi connectivity index (χ2v) is 7.45. The van der Waals surface area contributed by atoms with Crippen molar-refractivity contribution < 1.29 is 13.5 Å². The van der Waals surface area contributed by atoms with E-state index in [1.807, 2.05) is 0 Å². The zero-order chi connectivity index (χ0) is 15.0. The molecule has 4 N–H and O–H groups in total. The largest absolute Gasteiger partial charge is 0.397 e. The van der Waals surface area contributed by atoms with Crippen molar-refractivity contribution >= 4 is 27.3 Å². The molecule has 0 aliphatic heterocycles. The highest BCUT2D eigenvalue weighted by molar-refractivity contribution is 7.89. The van der Waals surface area contributed by atoms with E-state index in [0.29, 0.717) is 23.4 Å². The van der Waals surface area contributed by atoms with Crippen LogP contribution in [0, 0.1) is 6.92 Å². The number of anilines is 1. The van der Waals surface area contributed by atoms with Crippen molar-refractivity contribution in [3.05, 3.63) is 22.7 Å². The quantitative estimate of drug-likeness (QED) is 0.738. The summed E-state index contributed by atoms with van der Waals surface area (Å²) in [7, 11) is -3.73. The Balaban J connectivity index is 2.38. The highest BCUT2D eigenvalue weighted by Crippen LogP contribution is 2.32. The Kier molecular flexibility index (Phi) is 4.30. The fourth-order valence-corrected chi connectivity index (χ4v) is 4.57. The van der Waals surface area contributed by atoms with E-state index in [1.165, 1.54) is 12.1 Å². The van der Waals surface area contributed by atoms with Crippen LogP contribution in [-0.2, 0) is 10.0 Å². The first kappa shape index (κ1) is 15.6. The van der Waals surface area contributed by atoms with Gasteiger partial charge in [0.25, 0.3) is 0 Å². The lowest BCUT2D eigenvalue weighted by Gasteiger charge is -2.28. The molecule has 0 heterocycles. The molecule has 112 valence electrons. The Labute approximate surface area is 124 Å². The first-order valence-corrected chi connectivity index (χ1v) is 8.36. The summed E-state index contributed by atoms with van der Waals surface area (Å²) in [4.78, 5) is 0.110. The molecular formula is C13H19ClN2O3S. The third-order valence-electron chi connectivity index (χ3n) is 3.80. The standard InChI is InChI=1S/C13H19ClN2O3S/c1-9-6-10(14)11(15)7-12(9)20(18,19)16-13(8-17)4-2-3-5-13/h6-7,16-17H,2-5,8,15H2,1H3. The van der Waals surface area contributed by atoms with Crippen LogP contribution in [0.2, 0.25) is 5.02 Å². The third kappa shape index (κ3) is 2.93. The van der Waals surface area contributed by atoms with Crippen LogP contribution in [-0.4, -0.2) is 25.7 Å². The predicted molar refractivity (Wildman–Crippen MR) is 79.2 cm³/mol. The maximum atomic E-state index is 12.5. The molecule has 0 amide bonds. The second-order valence-electron chi connectivity index (χ2n) is 5.39. The summed E-state index contributed by atoms with van der Waals surface area (Å²) in [6.45, 7) is 1.47. The molecule has 20 heavy (non-hydrogen) atoms. The molecule has 0 atom stereocenters. The summed E-state index contributed by atoms with van der Waals surface area (Å²) in [5.41, 5.74) is 5.69. The summed E-state index contributed by atoms with van der Waals surface area (Å²) in [6.07, 6.45) is 3.10. The summed E-state index contributed by atoms with van der Waals surface area (Å²) >= 11 is 5.88. The van der Waals surface area contributed by atoms with Crippen LogP contribution < -0.4 is 10.5 Å². The van der Waals surface area contributed by atoms with Crippen LogP contribution in [0.4, 0.5) is 5.69 Å². The van der Waals surface area contributed by atoms with Gasteiger partial charge in [0.2, 0.25) is 10.0 Å². The van der Waals surface area contributed by atoms with Crippen molar-refractivity contribution in [2.45, 2.75) is 43.0 Å². The maximum absolute atomic E-state index is 12.5. The minimum atomic E-state index is -3.73. The van der Waals surface area contributed by atoms with Crippen LogP contribution in [0.5, 0.6) is 0 Å². The van der Waals surface area contributed by atoms with Crippen molar-refractivity contribution in [2.24, 2.45) is 0 Å². The third-order valence-corrected chi connectivity index (χ3v) is 5.85. The number of nitrogens with one attached hydrogen (secondary N) is 1. The molecule has 0 bridgehead atoms. The normalized spacial score (nSPS) is 18.4. The van der Waals surface area contributed by atoms with Gasteiger partial charge in [-0.15, -0.1) is 0 Å². The molecule has 1 aromatic carbocycles. The van der Waals surface area contributed by atoms with Crippen LogP contribution >= 0.6 is 11.6 Å². The molecule has 1 aliphatic rings. The summed E-state index contributed by atoms with van der Waals surface area (Å²) in [5, 5.41) is 9.85. The van der Waals surface area contributed by atoms with Gasteiger partial charge in [-0.25, -0.2) is 13.1 Å². The van der Waals surface area contributed by atoms with E-state index >= 15 is 0 Å². The number of aryl methyl sites for hydroxylation is 1.